The fraction of sp³-hybridized carbons (Fsp3) is 0.474. The maximum Gasteiger partial charge on any atom is 0.277 e. The van der Waals surface area contributed by atoms with Gasteiger partial charge in [0.1, 0.15) is 11.5 Å². The van der Waals surface area contributed by atoms with Gasteiger partial charge in [0, 0.05) is 37.4 Å². The summed E-state index contributed by atoms with van der Waals surface area (Å²) < 4.78 is 14.7. The predicted octanol–water partition coefficient (Wildman–Crippen LogP) is 0.767. The lowest BCUT2D eigenvalue weighted by Gasteiger charge is -2.39. The highest BCUT2D eigenvalue weighted by molar-refractivity contribution is 6.17. The van der Waals surface area contributed by atoms with E-state index in [0.29, 0.717) is 17.4 Å². The van der Waals surface area contributed by atoms with Crippen molar-refractivity contribution in [1.82, 2.24) is 9.80 Å². The van der Waals surface area contributed by atoms with Crippen molar-refractivity contribution in [2.45, 2.75) is 18.9 Å². The number of amides is 2. The topological polar surface area (TPSA) is 76.1 Å². The third-order valence-electron chi connectivity index (χ3n) is 5.49. The predicted molar refractivity (Wildman–Crippen MR) is 98.7 cm³/mol. The molecule has 2 N–H and O–H groups in total. The van der Waals surface area contributed by atoms with E-state index < -0.39 is 11.8 Å². The number of anilines is 2. The van der Waals surface area contributed by atoms with Crippen LogP contribution in [0.5, 0.6) is 0 Å². The van der Waals surface area contributed by atoms with Crippen molar-refractivity contribution in [1.29, 1.82) is 0 Å². The Labute approximate surface area is 157 Å². The van der Waals surface area contributed by atoms with E-state index in [0.717, 1.165) is 37.5 Å². The monoisotopic (exact) mass is 374 g/mol. The summed E-state index contributed by atoms with van der Waals surface area (Å²) in [5, 5.41) is 11.8. The summed E-state index contributed by atoms with van der Waals surface area (Å²) >= 11 is 0. The Kier molecular flexibility index (Phi) is 4.84. The van der Waals surface area contributed by atoms with Gasteiger partial charge in [0.15, 0.2) is 0 Å². The van der Waals surface area contributed by atoms with Crippen LogP contribution in [0.4, 0.5) is 15.8 Å². The average Bonchev–Trinajstić information content (AvgIpc) is 3.22. The van der Waals surface area contributed by atoms with Crippen molar-refractivity contribution < 1.29 is 19.1 Å². The molecule has 144 valence electrons. The second kappa shape index (κ2) is 7.28. The third kappa shape index (κ3) is 3.42. The molecule has 3 heterocycles. The van der Waals surface area contributed by atoms with Gasteiger partial charge >= 0.3 is 0 Å². The first-order valence-electron chi connectivity index (χ1n) is 9.31. The van der Waals surface area contributed by atoms with Crippen LogP contribution in [0.3, 0.4) is 0 Å². The number of imide groups is 1. The first-order valence-corrected chi connectivity index (χ1v) is 9.31. The number of hydrogen-bond acceptors (Lipinski definition) is 6. The lowest BCUT2D eigenvalue weighted by atomic mass is 10.1. The second-order valence-electron chi connectivity index (χ2n) is 7.15. The normalized spacial score (nSPS) is 23.0. The number of aliphatic hydroxyl groups is 1. The van der Waals surface area contributed by atoms with Crippen LogP contribution in [-0.4, -0.2) is 72.1 Å². The molecule has 4 rings (SSSR count). The van der Waals surface area contributed by atoms with E-state index in [1.165, 1.54) is 18.6 Å². The van der Waals surface area contributed by atoms with Crippen LogP contribution in [0.1, 0.15) is 12.8 Å². The number of halogens is 1. The van der Waals surface area contributed by atoms with Crippen LogP contribution >= 0.6 is 0 Å². The number of nitrogens with one attached hydrogen (secondary N) is 1. The molecule has 0 spiro atoms. The molecule has 2 amide bonds. The van der Waals surface area contributed by atoms with Crippen LogP contribution in [0.2, 0.25) is 0 Å². The molecule has 27 heavy (non-hydrogen) atoms. The molecular formula is C19H23FN4O3. The molecule has 0 aromatic heterocycles. The summed E-state index contributed by atoms with van der Waals surface area (Å²) in [4.78, 5) is 29.5. The minimum atomic E-state index is -0.518. The summed E-state index contributed by atoms with van der Waals surface area (Å²) in [5.74, 6) is -1.35. The van der Waals surface area contributed by atoms with Crippen LogP contribution in [0, 0.1) is 5.82 Å². The highest BCUT2D eigenvalue weighted by Crippen LogP contribution is 2.29. The first-order chi connectivity index (χ1) is 13.1. The van der Waals surface area contributed by atoms with E-state index in [4.69, 9.17) is 5.11 Å². The number of aliphatic hydroxyl groups excluding tert-OH is 1. The molecule has 1 atom stereocenters. The molecule has 1 unspecified atom stereocenters. The number of piperazine rings is 1. The zero-order valence-corrected chi connectivity index (χ0v) is 15.0. The molecule has 2 fully saturated rings. The van der Waals surface area contributed by atoms with Crippen LogP contribution in [-0.2, 0) is 9.59 Å². The van der Waals surface area contributed by atoms with Gasteiger partial charge in [-0.05, 0) is 37.6 Å². The quantitative estimate of drug-likeness (QED) is 0.742. The van der Waals surface area contributed by atoms with E-state index in [1.807, 2.05) is 0 Å². The Hall–Kier alpha value is -2.45. The molecule has 7 nitrogen and oxygen atoms in total. The Morgan fingerprint density at radius 2 is 2.07 bits per heavy atom. The van der Waals surface area contributed by atoms with E-state index in [2.05, 4.69) is 15.1 Å². The van der Waals surface area contributed by atoms with Gasteiger partial charge in [-0.3, -0.25) is 19.4 Å². The molecule has 1 aromatic rings. The van der Waals surface area contributed by atoms with E-state index in [-0.39, 0.29) is 24.7 Å². The van der Waals surface area contributed by atoms with Crippen molar-refractivity contribution in [3.8, 4) is 0 Å². The maximum absolute atomic E-state index is 14.7. The molecule has 3 aliphatic rings. The summed E-state index contributed by atoms with van der Waals surface area (Å²) in [7, 11) is 0. The third-order valence-corrected chi connectivity index (χ3v) is 5.49. The second-order valence-corrected chi connectivity index (χ2v) is 7.15. The summed E-state index contributed by atoms with van der Waals surface area (Å²) in [6.45, 7) is 3.37. The number of carbonyl (C=O) groups excluding carboxylic acids is 2. The molecule has 2 saturated heterocycles. The smallest absolute Gasteiger partial charge is 0.277 e. The fourth-order valence-electron chi connectivity index (χ4n) is 4.12. The number of carbonyl (C=O) groups is 2. The first kappa shape index (κ1) is 17.9. The van der Waals surface area contributed by atoms with Crippen LogP contribution in [0.15, 0.2) is 30.0 Å². The minimum absolute atomic E-state index is 0.0558. The summed E-state index contributed by atoms with van der Waals surface area (Å²) in [6.07, 6.45) is 3.54. The van der Waals surface area contributed by atoms with Crippen molar-refractivity contribution in [3.05, 3.63) is 35.8 Å². The Morgan fingerprint density at radius 1 is 1.22 bits per heavy atom. The van der Waals surface area contributed by atoms with Gasteiger partial charge < -0.3 is 15.3 Å². The van der Waals surface area contributed by atoms with Crippen molar-refractivity contribution >= 4 is 23.2 Å². The van der Waals surface area contributed by atoms with Gasteiger partial charge in [0.05, 0.1) is 18.8 Å². The summed E-state index contributed by atoms with van der Waals surface area (Å²) in [6, 6.07) is 5.28. The fourth-order valence-corrected chi connectivity index (χ4v) is 4.12. The molecular weight excluding hydrogens is 351 g/mol. The largest absolute Gasteiger partial charge is 0.395 e. The molecule has 0 radical (unpaired) electrons. The highest BCUT2D eigenvalue weighted by Gasteiger charge is 2.32. The van der Waals surface area contributed by atoms with Gasteiger partial charge in [0.25, 0.3) is 11.8 Å². The number of hydrogen-bond donors (Lipinski definition) is 2. The van der Waals surface area contributed by atoms with Crippen LogP contribution < -0.4 is 10.2 Å². The number of nitrogens with zero attached hydrogens (tertiary/aromatic N) is 3. The van der Waals surface area contributed by atoms with E-state index in [9.17, 15) is 14.0 Å². The zero-order valence-electron chi connectivity index (χ0n) is 15.0. The Balaban J connectivity index is 1.45. The zero-order chi connectivity index (χ0) is 19.0. The van der Waals surface area contributed by atoms with Gasteiger partial charge in [-0.1, -0.05) is 0 Å². The van der Waals surface area contributed by atoms with Gasteiger partial charge in [0.2, 0.25) is 0 Å². The average molecular weight is 374 g/mol. The van der Waals surface area contributed by atoms with E-state index in [1.54, 1.807) is 12.1 Å². The number of benzene rings is 1. The highest BCUT2D eigenvalue weighted by atomic mass is 19.1. The molecule has 0 bridgehead atoms. The lowest BCUT2D eigenvalue weighted by Crippen LogP contribution is -2.50. The van der Waals surface area contributed by atoms with Crippen molar-refractivity contribution in [3.63, 3.8) is 0 Å². The van der Waals surface area contributed by atoms with Gasteiger partial charge in [-0.15, -0.1) is 0 Å². The number of β-amino-alcohol motifs (C(OH)–C–C–N with tert-alkyl or cyclic N) is 1. The molecule has 0 aliphatic carbocycles. The van der Waals surface area contributed by atoms with Gasteiger partial charge in [-0.25, -0.2) is 4.39 Å². The van der Waals surface area contributed by atoms with Crippen molar-refractivity contribution in [2.75, 3.05) is 49.5 Å². The Bertz CT molecular complexity index is 797. The summed E-state index contributed by atoms with van der Waals surface area (Å²) in [5.41, 5.74) is 1.06. The molecule has 0 saturated carbocycles. The SMILES string of the molecule is O=C1C=C(Nc2ccc(N3CCN4CCCC4C3)c(F)c2)C(=O)N1CCO. The van der Waals surface area contributed by atoms with Crippen LogP contribution in [0.25, 0.3) is 0 Å². The van der Waals surface area contributed by atoms with Gasteiger partial charge in [-0.2, -0.15) is 0 Å². The molecule has 8 heteroatoms. The van der Waals surface area contributed by atoms with E-state index >= 15 is 0 Å². The van der Waals surface area contributed by atoms with Crippen molar-refractivity contribution in [2.24, 2.45) is 0 Å². The molecule has 1 aromatic carbocycles. The minimum Gasteiger partial charge on any atom is -0.395 e. The number of fused-ring (bicyclic) bond motifs is 1. The Morgan fingerprint density at radius 3 is 2.85 bits per heavy atom. The maximum atomic E-state index is 14.7. The number of rotatable bonds is 5. The standard InChI is InChI=1S/C19H23FN4O3/c20-15-10-13(21-16-11-18(26)24(8-9-25)19(16)27)3-4-17(15)23-7-6-22-5-1-2-14(22)12-23/h3-4,10-11,14,21,25H,1-2,5-9,12H2. The molecule has 3 aliphatic heterocycles. The lowest BCUT2D eigenvalue weighted by molar-refractivity contribution is -0.137.